The minimum Gasteiger partial charge on any atom is -0.493 e. The molecule has 0 aromatic heterocycles. The minimum atomic E-state index is -4.06. The molecule has 1 N–H and O–H groups in total. The van der Waals surface area contributed by atoms with Crippen molar-refractivity contribution >= 4 is 22.0 Å². The van der Waals surface area contributed by atoms with Crippen LogP contribution in [0.5, 0.6) is 28.7 Å². The van der Waals surface area contributed by atoms with Gasteiger partial charge in [-0.05, 0) is 104 Å². The highest BCUT2D eigenvalue weighted by molar-refractivity contribution is 7.89. The maximum atomic E-state index is 13.9. The molecule has 0 radical (unpaired) electrons. The van der Waals surface area contributed by atoms with Gasteiger partial charge in [0.15, 0.2) is 18.1 Å². The molecular formula is C37H39NO10S. The summed E-state index contributed by atoms with van der Waals surface area (Å²) in [5.74, 6) is 0.743. The molecule has 11 nitrogen and oxygen atoms in total. The Hall–Kier alpha value is -5.07. The van der Waals surface area contributed by atoms with Gasteiger partial charge in [0, 0.05) is 6.54 Å². The number of ether oxygens (including phenoxy) is 5. The van der Waals surface area contributed by atoms with Gasteiger partial charge >= 0.3 is 11.9 Å². The summed E-state index contributed by atoms with van der Waals surface area (Å²) in [5.41, 5.74) is 1.48. The summed E-state index contributed by atoms with van der Waals surface area (Å²) in [4.78, 5) is 25.1. The molecule has 5 rings (SSSR count). The molecule has 12 heteroatoms. The molecule has 2 atom stereocenters. The highest BCUT2D eigenvalue weighted by Gasteiger charge is 2.39. The Labute approximate surface area is 286 Å². The van der Waals surface area contributed by atoms with Gasteiger partial charge in [0.2, 0.25) is 10.0 Å². The third kappa shape index (κ3) is 9.09. The maximum absolute atomic E-state index is 13.9. The first-order valence-electron chi connectivity index (χ1n) is 15.9. The molecule has 1 aliphatic rings. The van der Waals surface area contributed by atoms with Crippen molar-refractivity contribution < 1.29 is 46.8 Å². The van der Waals surface area contributed by atoms with Gasteiger partial charge in [0.05, 0.1) is 19.1 Å². The minimum absolute atomic E-state index is 0.0425. The number of carboxylic acids is 1. The number of hydrogen-bond acceptors (Lipinski definition) is 9. The molecule has 1 heterocycles. The number of hydrogen-bond donors (Lipinski definition) is 1. The molecule has 1 saturated heterocycles. The predicted octanol–water partition coefficient (Wildman–Crippen LogP) is 6.42. The van der Waals surface area contributed by atoms with Gasteiger partial charge in [-0.25, -0.2) is 13.2 Å². The van der Waals surface area contributed by atoms with Gasteiger partial charge in [-0.1, -0.05) is 36.4 Å². The van der Waals surface area contributed by atoms with Crippen LogP contribution in [0.25, 0.3) is 0 Å². The number of rotatable bonds is 15. The standard InChI is InChI=1S/C37H39NO10S/c1-44-34-21-15-26(23-35(34)45-2)14-20-33(27-9-8-12-30(24-27)46-25-36(39)40)48-37(41)32-13-6-7-22-38(32)49(42,43)31-18-16-29(17-19-31)47-28-10-4-3-5-11-28/h3-5,8-12,15-19,21,23-24,32-33H,6-7,13-14,20,22,25H2,1-2H3,(H,39,40)/t32?,33-/m1/s1. The first-order chi connectivity index (χ1) is 23.7. The van der Waals surface area contributed by atoms with Gasteiger partial charge < -0.3 is 28.8 Å². The summed E-state index contributed by atoms with van der Waals surface area (Å²) in [6, 6.07) is 26.4. The van der Waals surface area contributed by atoms with E-state index in [1.807, 2.05) is 30.3 Å². The smallest absolute Gasteiger partial charge is 0.341 e. The summed E-state index contributed by atoms with van der Waals surface area (Å²) in [6.45, 7) is -0.368. The molecule has 4 aromatic rings. The number of carbonyl (C=O) groups is 2. The molecule has 0 saturated carbocycles. The van der Waals surface area contributed by atoms with E-state index >= 15 is 0 Å². The lowest BCUT2D eigenvalue weighted by Crippen LogP contribution is -2.48. The van der Waals surface area contributed by atoms with Crippen LogP contribution in [0.1, 0.15) is 42.9 Å². The fraction of sp³-hybridized carbons (Fsp3) is 0.297. The number of methoxy groups -OCH3 is 2. The van der Waals surface area contributed by atoms with Gasteiger partial charge in [0.25, 0.3) is 0 Å². The zero-order valence-electron chi connectivity index (χ0n) is 27.3. The molecule has 4 aromatic carbocycles. The average Bonchev–Trinajstić information content (AvgIpc) is 3.13. The molecular weight excluding hydrogens is 650 g/mol. The van der Waals surface area contributed by atoms with Crippen LogP contribution in [0.15, 0.2) is 102 Å². The van der Waals surface area contributed by atoms with E-state index in [2.05, 4.69) is 0 Å². The van der Waals surface area contributed by atoms with Crippen molar-refractivity contribution in [3.63, 3.8) is 0 Å². The Bertz CT molecular complexity index is 1830. The predicted molar refractivity (Wildman–Crippen MR) is 181 cm³/mol. The molecule has 0 aliphatic carbocycles. The number of carbonyl (C=O) groups excluding carboxylic acids is 1. The molecule has 1 aliphatic heterocycles. The molecule has 0 spiro atoms. The van der Waals surface area contributed by atoms with Gasteiger partial charge in [-0.2, -0.15) is 4.31 Å². The normalized spacial score (nSPS) is 15.5. The summed E-state index contributed by atoms with van der Waals surface area (Å²) in [6.07, 6.45) is 1.58. The summed E-state index contributed by atoms with van der Waals surface area (Å²) >= 11 is 0. The van der Waals surface area contributed by atoms with Crippen molar-refractivity contribution in [1.82, 2.24) is 4.31 Å². The first kappa shape index (κ1) is 35.2. The lowest BCUT2D eigenvalue weighted by Gasteiger charge is -2.34. The van der Waals surface area contributed by atoms with Crippen LogP contribution in [0.4, 0.5) is 0 Å². The zero-order valence-corrected chi connectivity index (χ0v) is 28.1. The fourth-order valence-corrected chi connectivity index (χ4v) is 7.31. The number of carboxylic acid groups (broad SMARTS) is 1. The molecule has 1 fully saturated rings. The van der Waals surface area contributed by atoms with Crippen LogP contribution in [-0.2, 0) is 30.8 Å². The van der Waals surface area contributed by atoms with E-state index in [0.717, 1.165) is 5.56 Å². The maximum Gasteiger partial charge on any atom is 0.341 e. The molecule has 0 amide bonds. The number of piperidine rings is 1. The van der Waals surface area contributed by atoms with Crippen LogP contribution in [0.3, 0.4) is 0 Å². The largest absolute Gasteiger partial charge is 0.493 e. The average molecular weight is 690 g/mol. The second-order valence-corrected chi connectivity index (χ2v) is 13.3. The van der Waals surface area contributed by atoms with Crippen molar-refractivity contribution in [3.8, 4) is 28.7 Å². The van der Waals surface area contributed by atoms with E-state index in [1.165, 1.54) is 16.4 Å². The van der Waals surface area contributed by atoms with Crippen molar-refractivity contribution in [2.24, 2.45) is 0 Å². The van der Waals surface area contributed by atoms with E-state index in [9.17, 15) is 18.0 Å². The van der Waals surface area contributed by atoms with E-state index in [1.54, 1.807) is 68.8 Å². The number of nitrogens with zero attached hydrogens (tertiary/aromatic N) is 1. The SMILES string of the molecule is COc1ccc(CC[C@@H](OC(=O)C2CCCCN2S(=O)(=O)c2ccc(Oc3ccccc3)cc2)c2cccc(OCC(=O)O)c2)cc1OC. The van der Waals surface area contributed by atoms with Gasteiger partial charge in [-0.15, -0.1) is 0 Å². The number of esters is 1. The second-order valence-electron chi connectivity index (χ2n) is 11.4. The van der Waals surface area contributed by atoms with Crippen LogP contribution in [-0.4, -0.2) is 63.2 Å². The number of aliphatic carboxylic acids is 1. The second kappa shape index (κ2) is 16.4. The van der Waals surface area contributed by atoms with E-state index in [-0.39, 0.29) is 11.4 Å². The Morgan fingerprint density at radius 2 is 1.55 bits per heavy atom. The lowest BCUT2D eigenvalue weighted by atomic mass is 10.00. The number of sulfonamides is 1. The monoisotopic (exact) mass is 689 g/mol. The molecule has 49 heavy (non-hydrogen) atoms. The molecule has 1 unspecified atom stereocenters. The highest BCUT2D eigenvalue weighted by Crippen LogP contribution is 2.33. The van der Waals surface area contributed by atoms with E-state index in [0.29, 0.717) is 66.4 Å². The van der Waals surface area contributed by atoms with Crippen LogP contribution in [0, 0.1) is 0 Å². The highest BCUT2D eigenvalue weighted by atomic mass is 32.2. The third-order valence-electron chi connectivity index (χ3n) is 8.13. The Balaban J connectivity index is 1.36. The third-order valence-corrected chi connectivity index (χ3v) is 10.1. The fourth-order valence-electron chi connectivity index (χ4n) is 5.66. The van der Waals surface area contributed by atoms with Crippen molar-refractivity contribution in [2.45, 2.75) is 49.1 Å². The van der Waals surface area contributed by atoms with Crippen LogP contribution < -0.4 is 18.9 Å². The summed E-state index contributed by atoms with van der Waals surface area (Å²) in [5, 5.41) is 9.08. The molecule has 0 bridgehead atoms. The quantitative estimate of drug-likeness (QED) is 0.139. The Kier molecular flexibility index (Phi) is 11.8. The molecule has 258 valence electrons. The van der Waals surface area contributed by atoms with Crippen LogP contribution in [0.2, 0.25) is 0 Å². The first-order valence-corrected chi connectivity index (χ1v) is 17.3. The zero-order chi connectivity index (χ0) is 34.8. The van der Waals surface area contributed by atoms with Crippen LogP contribution >= 0.6 is 0 Å². The summed E-state index contributed by atoms with van der Waals surface area (Å²) in [7, 11) is -0.963. The van der Waals surface area contributed by atoms with Crippen molar-refractivity contribution in [1.29, 1.82) is 0 Å². The van der Waals surface area contributed by atoms with E-state index < -0.39 is 40.7 Å². The summed E-state index contributed by atoms with van der Waals surface area (Å²) < 4.78 is 57.2. The van der Waals surface area contributed by atoms with Gasteiger partial charge in [-0.3, -0.25) is 4.79 Å². The number of benzene rings is 4. The topological polar surface area (TPSA) is 138 Å². The van der Waals surface area contributed by atoms with Crippen molar-refractivity contribution in [2.75, 3.05) is 27.4 Å². The van der Waals surface area contributed by atoms with Crippen molar-refractivity contribution in [3.05, 3.63) is 108 Å². The Morgan fingerprint density at radius 3 is 2.27 bits per heavy atom. The Morgan fingerprint density at radius 1 is 0.837 bits per heavy atom. The number of para-hydroxylation sites is 1. The number of aryl methyl sites for hydroxylation is 1. The van der Waals surface area contributed by atoms with Gasteiger partial charge in [0.1, 0.15) is 29.4 Å². The van der Waals surface area contributed by atoms with E-state index in [4.69, 9.17) is 28.8 Å². The lowest BCUT2D eigenvalue weighted by molar-refractivity contribution is -0.155.